The normalized spacial score (nSPS) is 10.6. The summed E-state index contributed by atoms with van der Waals surface area (Å²) in [6.07, 6.45) is -0.800. The molecule has 156 valence electrons. The Morgan fingerprint density at radius 2 is 1.83 bits per heavy atom. The lowest BCUT2D eigenvalue weighted by molar-refractivity contribution is -0.118. The van der Waals surface area contributed by atoms with Crippen molar-refractivity contribution in [1.82, 2.24) is 0 Å². The van der Waals surface area contributed by atoms with E-state index in [9.17, 15) is 18.4 Å². The Kier molecular flexibility index (Phi) is 6.79. The Labute approximate surface area is 176 Å². The van der Waals surface area contributed by atoms with Crippen LogP contribution >= 0.6 is 11.3 Å². The molecule has 5 nitrogen and oxygen atoms in total. The molecule has 8 heteroatoms. The number of amides is 1. The third-order valence-electron chi connectivity index (χ3n) is 4.32. The second kappa shape index (κ2) is 9.49. The molecular weight excluding hydrogens is 412 g/mol. The number of halogens is 2. The summed E-state index contributed by atoms with van der Waals surface area (Å²) in [5, 5.41) is 9.15. The van der Waals surface area contributed by atoms with Crippen LogP contribution in [-0.4, -0.2) is 17.2 Å². The first kappa shape index (κ1) is 21.4. The summed E-state index contributed by atoms with van der Waals surface area (Å²) in [7, 11) is 0. The first-order chi connectivity index (χ1) is 14.4. The summed E-state index contributed by atoms with van der Waals surface area (Å²) >= 11 is 1.07. The molecule has 1 heterocycles. The number of carboxylic acid groups (broad SMARTS) is 1. The molecule has 0 radical (unpaired) electrons. The van der Waals surface area contributed by atoms with E-state index in [0.29, 0.717) is 11.3 Å². The molecule has 0 saturated carbocycles. The van der Waals surface area contributed by atoms with Crippen molar-refractivity contribution in [3.8, 4) is 15.5 Å². The number of carbonyl (C=O) groups is 2. The fourth-order valence-electron chi connectivity index (χ4n) is 2.93. The van der Waals surface area contributed by atoms with Crippen molar-refractivity contribution in [3.05, 3.63) is 71.8 Å². The molecule has 0 atom stereocenters. The smallest absolute Gasteiger partial charge is 0.449 e. The standard InChI is InChI=1S/C22H19F2NO4S/c1-2-6-20(26)25(13-15-9-10-16(23)11-17(15)24)18-12-19(14-7-4-3-5-8-14)30-21(18)29-22(27)28/h3-5,7-12H,2,6,13H2,1H3,(H,27,28). The van der Waals surface area contributed by atoms with Crippen LogP contribution in [0.2, 0.25) is 0 Å². The molecule has 0 unspecified atom stereocenters. The third kappa shape index (κ3) is 5.01. The minimum Gasteiger partial charge on any atom is -0.449 e. The largest absolute Gasteiger partial charge is 0.512 e. The second-order valence-electron chi connectivity index (χ2n) is 6.48. The first-order valence-corrected chi connectivity index (χ1v) is 10.0. The SMILES string of the molecule is CCCC(=O)N(Cc1ccc(F)cc1F)c1cc(-c2ccccc2)sc1OC(=O)O. The number of benzene rings is 2. The summed E-state index contributed by atoms with van der Waals surface area (Å²) in [5.41, 5.74) is 1.15. The van der Waals surface area contributed by atoms with E-state index in [1.807, 2.05) is 37.3 Å². The summed E-state index contributed by atoms with van der Waals surface area (Å²) in [6, 6.07) is 14.0. The predicted molar refractivity (Wildman–Crippen MR) is 111 cm³/mol. The summed E-state index contributed by atoms with van der Waals surface area (Å²) in [5.74, 6) is -1.84. The van der Waals surface area contributed by atoms with Gasteiger partial charge in [-0.05, 0) is 24.1 Å². The fourth-order valence-corrected chi connectivity index (χ4v) is 3.94. The van der Waals surface area contributed by atoms with Gasteiger partial charge in [0, 0.05) is 22.9 Å². The Bertz CT molecular complexity index is 1050. The zero-order valence-electron chi connectivity index (χ0n) is 16.1. The van der Waals surface area contributed by atoms with Crippen molar-refractivity contribution >= 4 is 29.1 Å². The Morgan fingerprint density at radius 3 is 2.47 bits per heavy atom. The average molecular weight is 431 g/mol. The van der Waals surface area contributed by atoms with E-state index >= 15 is 0 Å². The number of hydrogen-bond donors (Lipinski definition) is 1. The molecule has 0 saturated heterocycles. The molecule has 30 heavy (non-hydrogen) atoms. The topological polar surface area (TPSA) is 66.8 Å². The van der Waals surface area contributed by atoms with Crippen LogP contribution in [0.4, 0.5) is 19.3 Å². The van der Waals surface area contributed by atoms with Gasteiger partial charge in [0.05, 0.1) is 12.2 Å². The monoisotopic (exact) mass is 431 g/mol. The lowest BCUT2D eigenvalue weighted by atomic mass is 10.1. The fraction of sp³-hybridized carbons (Fsp3) is 0.182. The highest BCUT2D eigenvalue weighted by atomic mass is 32.1. The third-order valence-corrected chi connectivity index (χ3v) is 5.37. The molecule has 1 N–H and O–H groups in total. The highest BCUT2D eigenvalue weighted by molar-refractivity contribution is 7.18. The van der Waals surface area contributed by atoms with Crippen molar-refractivity contribution in [2.24, 2.45) is 0 Å². The highest BCUT2D eigenvalue weighted by Crippen LogP contribution is 2.43. The second-order valence-corrected chi connectivity index (χ2v) is 7.50. The van der Waals surface area contributed by atoms with E-state index in [0.717, 1.165) is 29.0 Å². The van der Waals surface area contributed by atoms with Crippen molar-refractivity contribution in [2.45, 2.75) is 26.3 Å². The molecule has 0 fully saturated rings. The number of thiophene rings is 1. The van der Waals surface area contributed by atoms with Gasteiger partial charge in [-0.1, -0.05) is 54.7 Å². The molecule has 0 aliphatic rings. The van der Waals surface area contributed by atoms with Gasteiger partial charge in [-0.2, -0.15) is 0 Å². The van der Waals surface area contributed by atoms with Crippen LogP contribution < -0.4 is 9.64 Å². The number of rotatable bonds is 7. The predicted octanol–water partition coefficient (Wildman–Crippen LogP) is 6.08. The molecule has 0 aliphatic carbocycles. The van der Waals surface area contributed by atoms with E-state index in [1.165, 1.54) is 11.0 Å². The van der Waals surface area contributed by atoms with Crippen molar-refractivity contribution < 1.29 is 28.2 Å². The van der Waals surface area contributed by atoms with Gasteiger partial charge < -0.3 is 14.7 Å². The van der Waals surface area contributed by atoms with E-state index in [1.54, 1.807) is 6.07 Å². The van der Waals surface area contributed by atoms with Crippen molar-refractivity contribution in [2.75, 3.05) is 4.90 Å². The number of nitrogens with zero attached hydrogens (tertiary/aromatic N) is 1. The Hall–Kier alpha value is -3.26. The summed E-state index contributed by atoms with van der Waals surface area (Å²) < 4.78 is 32.5. The minimum atomic E-state index is -1.52. The Morgan fingerprint density at radius 1 is 1.10 bits per heavy atom. The molecule has 0 bridgehead atoms. The van der Waals surface area contributed by atoms with E-state index in [-0.39, 0.29) is 35.2 Å². The number of ether oxygens (including phenoxy) is 1. The van der Waals surface area contributed by atoms with Crippen LogP contribution in [0, 0.1) is 11.6 Å². The van der Waals surface area contributed by atoms with E-state index in [2.05, 4.69) is 0 Å². The molecule has 0 aliphatic heterocycles. The van der Waals surface area contributed by atoms with Gasteiger partial charge in [-0.3, -0.25) is 4.79 Å². The lowest BCUT2D eigenvalue weighted by Gasteiger charge is -2.23. The van der Waals surface area contributed by atoms with Crippen LogP contribution in [0.5, 0.6) is 5.06 Å². The maximum absolute atomic E-state index is 14.3. The van der Waals surface area contributed by atoms with Gasteiger partial charge in [0.2, 0.25) is 11.0 Å². The van der Waals surface area contributed by atoms with Crippen LogP contribution in [0.15, 0.2) is 54.6 Å². The highest BCUT2D eigenvalue weighted by Gasteiger charge is 2.25. The van der Waals surface area contributed by atoms with Gasteiger partial charge >= 0.3 is 6.16 Å². The van der Waals surface area contributed by atoms with Crippen molar-refractivity contribution in [3.63, 3.8) is 0 Å². The lowest BCUT2D eigenvalue weighted by Crippen LogP contribution is -2.30. The maximum Gasteiger partial charge on any atom is 0.512 e. The first-order valence-electron chi connectivity index (χ1n) is 9.23. The Balaban J connectivity index is 2.07. The van der Waals surface area contributed by atoms with Crippen LogP contribution in [0.1, 0.15) is 25.3 Å². The van der Waals surface area contributed by atoms with E-state index < -0.39 is 17.8 Å². The minimum absolute atomic E-state index is 0.00771. The van der Waals surface area contributed by atoms with Gasteiger partial charge in [0.25, 0.3) is 0 Å². The van der Waals surface area contributed by atoms with Gasteiger partial charge in [-0.15, -0.1) is 0 Å². The van der Waals surface area contributed by atoms with Crippen LogP contribution in [0.3, 0.4) is 0 Å². The molecule has 3 aromatic rings. The van der Waals surface area contributed by atoms with Gasteiger partial charge in [0.15, 0.2) is 0 Å². The molecule has 2 aromatic carbocycles. The van der Waals surface area contributed by atoms with Gasteiger partial charge in [0.1, 0.15) is 11.6 Å². The molecule has 3 rings (SSSR count). The zero-order valence-corrected chi connectivity index (χ0v) is 16.9. The average Bonchev–Trinajstić information content (AvgIpc) is 3.11. The summed E-state index contributed by atoms with van der Waals surface area (Å²) in [6.45, 7) is 1.64. The quantitative estimate of drug-likeness (QED) is 0.460. The number of hydrogen-bond acceptors (Lipinski definition) is 4. The molecule has 1 aromatic heterocycles. The van der Waals surface area contributed by atoms with Crippen LogP contribution in [0.25, 0.3) is 10.4 Å². The maximum atomic E-state index is 14.3. The van der Waals surface area contributed by atoms with Crippen molar-refractivity contribution in [1.29, 1.82) is 0 Å². The zero-order chi connectivity index (χ0) is 21.7. The number of carbonyl (C=O) groups excluding carboxylic acids is 1. The van der Waals surface area contributed by atoms with E-state index in [4.69, 9.17) is 9.84 Å². The molecule has 1 amide bonds. The summed E-state index contributed by atoms with van der Waals surface area (Å²) in [4.78, 5) is 26.0. The number of anilines is 1. The molecular formula is C22H19F2NO4S. The van der Waals surface area contributed by atoms with Gasteiger partial charge in [-0.25, -0.2) is 13.6 Å². The molecule has 0 spiro atoms. The van der Waals surface area contributed by atoms with Crippen LogP contribution in [-0.2, 0) is 11.3 Å².